The van der Waals surface area contributed by atoms with Gasteiger partial charge in [0.25, 0.3) is 5.91 Å². The van der Waals surface area contributed by atoms with Gasteiger partial charge in [0.05, 0.1) is 31.9 Å². The van der Waals surface area contributed by atoms with Crippen LogP contribution in [-0.4, -0.2) is 37.5 Å². The summed E-state index contributed by atoms with van der Waals surface area (Å²) in [4.78, 5) is 28.7. The summed E-state index contributed by atoms with van der Waals surface area (Å²) in [7, 11) is 3.12. The fraction of sp³-hybridized carbons (Fsp3) is 0.286. The number of piperidine rings is 1. The first-order valence-corrected chi connectivity index (χ1v) is 11.9. The van der Waals surface area contributed by atoms with Gasteiger partial charge in [-0.1, -0.05) is 41.4 Å². The maximum Gasteiger partial charge on any atom is 0.254 e. The minimum absolute atomic E-state index is 0.113. The maximum atomic E-state index is 13.6. The Balaban J connectivity index is 1.59. The van der Waals surface area contributed by atoms with E-state index in [2.05, 4.69) is 11.4 Å². The number of methoxy groups -OCH3 is 2. The Bertz CT molecular complexity index is 1210. The average molecular weight is 493 g/mol. The SMILES string of the molecule is COc1ccc(NC(=O)C2CCC(c3cccc(C)c3)N(C(=O)c3ccc(Cl)cc3)C2)c(OC)c1. The van der Waals surface area contributed by atoms with Gasteiger partial charge in [-0.2, -0.15) is 0 Å². The van der Waals surface area contributed by atoms with Gasteiger partial charge in [0.15, 0.2) is 0 Å². The predicted molar refractivity (Wildman–Crippen MR) is 137 cm³/mol. The Morgan fingerprint density at radius 3 is 2.43 bits per heavy atom. The van der Waals surface area contributed by atoms with E-state index >= 15 is 0 Å². The van der Waals surface area contributed by atoms with Crippen LogP contribution in [0.5, 0.6) is 11.5 Å². The summed E-state index contributed by atoms with van der Waals surface area (Å²) in [5.74, 6) is 0.523. The van der Waals surface area contributed by atoms with Crippen LogP contribution >= 0.6 is 11.6 Å². The van der Waals surface area contributed by atoms with Gasteiger partial charge < -0.3 is 19.7 Å². The third-order valence-corrected chi connectivity index (χ3v) is 6.65. The fourth-order valence-corrected chi connectivity index (χ4v) is 4.65. The minimum Gasteiger partial charge on any atom is -0.497 e. The van der Waals surface area contributed by atoms with Gasteiger partial charge in [-0.05, 0) is 61.7 Å². The van der Waals surface area contributed by atoms with E-state index in [0.29, 0.717) is 47.2 Å². The highest BCUT2D eigenvalue weighted by Crippen LogP contribution is 2.36. The van der Waals surface area contributed by atoms with Crippen LogP contribution in [0.25, 0.3) is 0 Å². The first-order chi connectivity index (χ1) is 16.9. The van der Waals surface area contributed by atoms with Crippen LogP contribution in [0.4, 0.5) is 5.69 Å². The lowest BCUT2D eigenvalue weighted by Crippen LogP contribution is -2.45. The molecule has 0 radical (unpaired) electrons. The first-order valence-electron chi connectivity index (χ1n) is 11.6. The summed E-state index contributed by atoms with van der Waals surface area (Å²) < 4.78 is 10.7. The van der Waals surface area contributed by atoms with Crippen LogP contribution in [0, 0.1) is 12.8 Å². The summed E-state index contributed by atoms with van der Waals surface area (Å²) in [5.41, 5.74) is 3.32. The van der Waals surface area contributed by atoms with Gasteiger partial charge in [-0.25, -0.2) is 0 Å². The van der Waals surface area contributed by atoms with Crippen molar-refractivity contribution in [3.63, 3.8) is 0 Å². The molecule has 1 saturated heterocycles. The third kappa shape index (κ3) is 5.60. The van der Waals surface area contributed by atoms with Crippen LogP contribution in [0.15, 0.2) is 66.7 Å². The Morgan fingerprint density at radius 2 is 1.74 bits per heavy atom. The monoisotopic (exact) mass is 492 g/mol. The molecule has 182 valence electrons. The third-order valence-electron chi connectivity index (χ3n) is 6.40. The van der Waals surface area contributed by atoms with Crippen molar-refractivity contribution in [1.29, 1.82) is 0 Å². The molecular formula is C28H29ClN2O4. The molecule has 1 aliphatic heterocycles. The van der Waals surface area contributed by atoms with E-state index in [-0.39, 0.29) is 23.8 Å². The van der Waals surface area contributed by atoms with Crippen LogP contribution in [-0.2, 0) is 4.79 Å². The fourth-order valence-electron chi connectivity index (χ4n) is 4.53. The van der Waals surface area contributed by atoms with Crippen LogP contribution in [0.2, 0.25) is 5.02 Å². The molecule has 6 nitrogen and oxygen atoms in total. The summed E-state index contributed by atoms with van der Waals surface area (Å²) >= 11 is 6.03. The molecule has 1 N–H and O–H groups in total. The Hall–Kier alpha value is -3.51. The number of nitrogens with zero attached hydrogens (tertiary/aromatic N) is 1. The number of likely N-dealkylation sites (tertiary alicyclic amines) is 1. The Labute approximate surface area is 210 Å². The highest BCUT2D eigenvalue weighted by molar-refractivity contribution is 6.30. The number of anilines is 1. The highest BCUT2D eigenvalue weighted by atomic mass is 35.5. The van der Waals surface area contributed by atoms with Crippen molar-refractivity contribution in [2.75, 3.05) is 26.1 Å². The van der Waals surface area contributed by atoms with E-state index < -0.39 is 0 Å². The topological polar surface area (TPSA) is 67.9 Å². The van der Waals surface area contributed by atoms with Crippen LogP contribution in [0.3, 0.4) is 0 Å². The van der Waals surface area contributed by atoms with Crippen molar-refractivity contribution in [1.82, 2.24) is 4.90 Å². The molecule has 3 aromatic rings. The number of hydrogen-bond acceptors (Lipinski definition) is 4. The van der Waals surface area contributed by atoms with Gasteiger partial charge in [0.2, 0.25) is 5.91 Å². The average Bonchev–Trinajstić information content (AvgIpc) is 2.88. The largest absolute Gasteiger partial charge is 0.497 e. The summed E-state index contributed by atoms with van der Waals surface area (Å²) in [5, 5.41) is 3.55. The normalized spacial score (nSPS) is 17.5. The number of carbonyl (C=O) groups excluding carboxylic acids is 2. The number of benzene rings is 3. The molecule has 3 aromatic carbocycles. The smallest absolute Gasteiger partial charge is 0.254 e. The van der Waals surface area contributed by atoms with Crippen molar-refractivity contribution >= 4 is 29.1 Å². The molecule has 0 spiro atoms. The standard InChI is InChI=1S/C28H29ClN2O4/c1-18-5-4-6-20(15-18)25-14-9-21(17-31(25)28(33)19-7-10-22(29)11-8-19)27(32)30-24-13-12-23(34-2)16-26(24)35-3/h4-8,10-13,15-16,21,25H,9,14,17H2,1-3H3,(H,30,32). The molecule has 0 saturated carbocycles. The van der Waals surface area contributed by atoms with E-state index in [1.807, 2.05) is 30.0 Å². The number of ether oxygens (including phenoxy) is 2. The molecule has 4 rings (SSSR count). The number of halogens is 1. The zero-order valence-corrected chi connectivity index (χ0v) is 20.8. The highest BCUT2D eigenvalue weighted by Gasteiger charge is 2.36. The molecular weight excluding hydrogens is 464 g/mol. The Kier molecular flexibility index (Phi) is 7.61. The number of nitrogens with one attached hydrogen (secondary N) is 1. The van der Waals surface area contributed by atoms with Gasteiger partial charge in [-0.3, -0.25) is 9.59 Å². The number of amides is 2. The Morgan fingerprint density at radius 1 is 0.971 bits per heavy atom. The van der Waals surface area contributed by atoms with E-state index in [1.54, 1.807) is 56.7 Å². The predicted octanol–water partition coefficient (Wildman–Crippen LogP) is 5.90. The molecule has 2 unspecified atom stereocenters. The van der Waals surface area contributed by atoms with Crippen molar-refractivity contribution in [3.05, 3.63) is 88.4 Å². The van der Waals surface area contributed by atoms with Gasteiger partial charge in [-0.15, -0.1) is 0 Å². The first kappa shape index (κ1) is 24.6. The van der Waals surface area contributed by atoms with Crippen molar-refractivity contribution in [3.8, 4) is 11.5 Å². The number of hydrogen-bond donors (Lipinski definition) is 1. The van der Waals surface area contributed by atoms with Crippen molar-refractivity contribution < 1.29 is 19.1 Å². The van der Waals surface area contributed by atoms with Gasteiger partial charge in [0.1, 0.15) is 11.5 Å². The van der Waals surface area contributed by atoms with Crippen molar-refractivity contribution in [2.45, 2.75) is 25.8 Å². The summed E-state index contributed by atoms with van der Waals surface area (Å²) in [6, 6.07) is 20.2. The second-order valence-electron chi connectivity index (χ2n) is 8.72. The summed E-state index contributed by atoms with van der Waals surface area (Å²) in [6.07, 6.45) is 1.34. The molecule has 0 aliphatic carbocycles. The van der Waals surface area contributed by atoms with Crippen molar-refractivity contribution in [2.24, 2.45) is 5.92 Å². The molecule has 2 atom stereocenters. The lowest BCUT2D eigenvalue weighted by Gasteiger charge is -2.39. The van der Waals surface area contributed by atoms with Crippen LogP contribution < -0.4 is 14.8 Å². The molecule has 1 aliphatic rings. The quantitative estimate of drug-likeness (QED) is 0.465. The van der Waals surface area contributed by atoms with Gasteiger partial charge >= 0.3 is 0 Å². The molecule has 1 heterocycles. The zero-order chi connectivity index (χ0) is 24.9. The summed E-state index contributed by atoms with van der Waals surface area (Å²) in [6.45, 7) is 2.35. The zero-order valence-electron chi connectivity index (χ0n) is 20.1. The molecule has 0 aromatic heterocycles. The number of carbonyl (C=O) groups is 2. The lowest BCUT2D eigenvalue weighted by molar-refractivity contribution is -0.121. The molecule has 2 amide bonds. The number of rotatable bonds is 6. The molecule has 35 heavy (non-hydrogen) atoms. The molecule has 0 bridgehead atoms. The minimum atomic E-state index is -0.362. The van der Waals surface area contributed by atoms with E-state index in [4.69, 9.17) is 21.1 Å². The van der Waals surface area contributed by atoms with E-state index in [0.717, 1.165) is 11.1 Å². The molecule has 1 fully saturated rings. The maximum absolute atomic E-state index is 13.6. The second kappa shape index (κ2) is 10.8. The number of aryl methyl sites for hydroxylation is 1. The van der Waals surface area contributed by atoms with Gasteiger partial charge in [0, 0.05) is 23.2 Å². The molecule has 7 heteroatoms. The second-order valence-corrected chi connectivity index (χ2v) is 9.16. The van der Waals surface area contributed by atoms with E-state index in [9.17, 15) is 9.59 Å². The van der Waals surface area contributed by atoms with E-state index in [1.165, 1.54) is 0 Å². The van der Waals surface area contributed by atoms with Crippen LogP contribution in [0.1, 0.15) is 40.4 Å². The lowest BCUT2D eigenvalue weighted by atomic mass is 9.87.